The highest BCUT2D eigenvalue weighted by Gasteiger charge is 2.21. The molecule has 0 amide bonds. The van der Waals surface area contributed by atoms with Gasteiger partial charge >= 0.3 is 0 Å². The summed E-state index contributed by atoms with van der Waals surface area (Å²) in [6, 6.07) is 4.14. The van der Waals surface area contributed by atoms with E-state index in [4.69, 9.17) is 9.47 Å². The SMILES string of the molecule is CN=C(NCc1cnn(C)c1)N1CCc2cc(OC)c(OC)cc2C1.I. The molecule has 0 bridgehead atoms. The van der Waals surface area contributed by atoms with Crippen LogP contribution in [0.3, 0.4) is 0 Å². The summed E-state index contributed by atoms with van der Waals surface area (Å²) in [5, 5.41) is 7.61. The maximum Gasteiger partial charge on any atom is 0.194 e. The van der Waals surface area contributed by atoms with Crippen molar-refractivity contribution in [3.05, 3.63) is 41.2 Å². The van der Waals surface area contributed by atoms with Crippen molar-refractivity contribution in [2.24, 2.45) is 12.0 Å². The fraction of sp³-hybridized carbons (Fsp3) is 0.444. The minimum Gasteiger partial charge on any atom is -0.493 e. The van der Waals surface area contributed by atoms with Crippen molar-refractivity contribution in [1.29, 1.82) is 0 Å². The van der Waals surface area contributed by atoms with Gasteiger partial charge < -0.3 is 19.7 Å². The number of ether oxygens (including phenoxy) is 2. The molecule has 1 N–H and O–H groups in total. The number of aliphatic imine (C=N–C) groups is 1. The molecule has 0 spiro atoms. The number of hydrogen-bond acceptors (Lipinski definition) is 4. The molecule has 7 nitrogen and oxygen atoms in total. The lowest BCUT2D eigenvalue weighted by Crippen LogP contribution is -2.43. The van der Waals surface area contributed by atoms with Crippen molar-refractivity contribution >= 4 is 29.9 Å². The molecule has 3 rings (SSSR count). The molecule has 142 valence electrons. The van der Waals surface area contributed by atoms with Gasteiger partial charge in [0.2, 0.25) is 0 Å². The number of benzene rings is 1. The van der Waals surface area contributed by atoms with Gasteiger partial charge in [-0.15, -0.1) is 24.0 Å². The van der Waals surface area contributed by atoms with E-state index in [1.54, 1.807) is 18.9 Å². The average molecular weight is 471 g/mol. The number of rotatable bonds is 4. The first-order chi connectivity index (χ1) is 12.1. The topological polar surface area (TPSA) is 63.9 Å². The van der Waals surface area contributed by atoms with Crippen molar-refractivity contribution in [2.45, 2.75) is 19.5 Å². The maximum absolute atomic E-state index is 5.43. The van der Waals surface area contributed by atoms with Crippen LogP contribution in [0.2, 0.25) is 0 Å². The minimum absolute atomic E-state index is 0. The van der Waals surface area contributed by atoms with Crippen LogP contribution < -0.4 is 14.8 Å². The number of fused-ring (bicyclic) bond motifs is 1. The molecule has 0 saturated carbocycles. The summed E-state index contributed by atoms with van der Waals surface area (Å²) in [5.74, 6) is 2.44. The number of halogens is 1. The van der Waals surface area contributed by atoms with Crippen LogP contribution in [0.1, 0.15) is 16.7 Å². The summed E-state index contributed by atoms with van der Waals surface area (Å²) in [7, 11) is 7.07. The van der Waals surface area contributed by atoms with Gasteiger partial charge in [0, 0.05) is 45.5 Å². The lowest BCUT2D eigenvalue weighted by molar-refractivity contribution is 0.346. The van der Waals surface area contributed by atoms with Gasteiger partial charge in [-0.2, -0.15) is 5.10 Å². The van der Waals surface area contributed by atoms with E-state index in [2.05, 4.69) is 32.4 Å². The molecule has 1 aliphatic rings. The zero-order valence-corrected chi connectivity index (χ0v) is 18.0. The Morgan fingerprint density at radius 2 is 1.92 bits per heavy atom. The van der Waals surface area contributed by atoms with E-state index in [9.17, 15) is 0 Å². The van der Waals surface area contributed by atoms with Gasteiger partial charge in [-0.05, 0) is 29.7 Å². The van der Waals surface area contributed by atoms with Crippen LogP contribution in [-0.4, -0.2) is 48.5 Å². The number of aromatic nitrogens is 2. The van der Waals surface area contributed by atoms with E-state index in [1.165, 1.54) is 11.1 Å². The van der Waals surface area contributed by atoms with E-state index < -0.39 is 0 Å². The maximum atomic E-state index is 5.43. The molecule has 1 aliphatic heterocycles. The summed E-state index contributed by atoms with van der Waals surface area (Å²) in [6.07, 6.45) is 4.81. The van der Waals surface area contributed by atoms with Crippen LogP contribution in [0, 0.1) is 0 Å². The van der Waals surface area contributed by atoms with E-state index in [-0.39, 0.29) is 24.0 Å². The molecule has 0 atom stereocenters. The normalized spacial score (nSPS) is 13.7. The molecule has 8 heteroatoms. The average Bonchev–Trinajstić information content (AvgIpc) is 3.06. The van der Waals surface area contributed by atoms with E-state index in [0.29, 0.717) is 6.54 Å². The molecule has 0 fully saturated rings. The molecule has 0 aliphatic carbocycles. The van der Waals surface area contributed by atoms with Crippen LogP contribution in [0.25, 0.3) is 0 Å². The second kappa shape index (κ2) is 9.11. The fourth-order valence-corrected chi connectivity index (χ4v) is 3.14. The second-order valence-corrected chi connectivity index (χ2v) is 6.07. The van der Waals surface area contributed by atoms with Crippen LogP contribution in [0.4, 0.5) is 0 Å². The van der Waals surface area contributed by atoms with Gasteiger partial charge in [0.15, 0.2) is 17.5 Å². The summed E-state index contributed by atoms with van der Waals surface area (Å²) in [6.45, 7) is 2.41. The Balaban J connectivity index is 0.00000243. The van der Waals surface area contributed by atoms with Crippen LogP contribution >= 0.6 is 24.0 Å². The Labute approximate surface area is 171 Å². The third-order valence-electron chi connectivity index (χ3n) is 4.44. The molecule has 2 heterocycles. The second-order valence-electron chi connectivity index (χ2n) is 6.07. The van der Waals surface area contributed by atoms with Gasteiger partial charge in [-0.1, -0.05) is 0 Å². The van der Waals surface area contributed by atoms with Crippen LogP contribution in [0.5, 0.6) is 11.5 Å². The van der Waals surface area contributed by atoms with Crippen LogP contribution in [-0.2, 0) is 26.6 Å². The first kappa shape index (κ1) is 20.3. The molecule has 1 aromatic heterocycles. The first-order valence-corrected chi connectivity index (χ1v) is 8.31. The highest BCUT2D eigenvalue weighted by molar-refractivity contribution is 14.0. The third kappa shape index (κ3) is 4.40. The molecule has 26 heavy (non-hydrogen) atoms. The van der Waals surface area contributed by atoms with Gasteiger partial charge in [-0.3, -0.25) is 9.67 Å². The molecule has 2 aromatic rings. The fourth-order valence-electron chi connectivity index (χ4n) is 3.14. The number of methoxy groups -OCH3 is 2. The Kier molecular flexibility index (Phi) is 7.13. The molecule has 0 saturated heterocycles. The predicted octanol–water partition coefficient (Wildman–Crippen LogP) is 2.19. The van der Waals surface area contributed by atoms with E-state index in [0.717, 1.165) is 42.5 Å². The Morgan fingerprint density at radius 3 is 2.50 bits per heavy atom. The van der Waals surface area contributed by atoms with Crippen molar-refractivity contribution in [1.82, 2.24) is 20.0 Å². The number of hydrogen-bond donors (Lipinski definition) is 1. The van der Waals surface area contributed by atoms with E-state index in [1.807, 2.05) is 26.5 Å². The molecule has 0 radical (unpaired) electrons. The Bertz CT molecular complexity index is 775. The van der Waals surface area contributed by atoms with Crippen LogP contribution in [0.15, 0.2) is 29.5 Å². The predicted molar refractivity (Wildman–Crippen MR) is 112 cm³/mol. The lowest BCUT2D eigenvalue weighted by Gasteiger charge is -2.32. The van der Waals surface area contributed by atoms with Crippen molar-refractivity contribution in [3.63, 3.8) is 0 Å². The van der Waals surface area contributed by atoms with Crippen molar-refractivity contribution in [2.75, 3.05) is 27.8 Å². The lowest BCUT2D eigenvalue weighted by atomic mass is 9.99. The number of nitrogens with zero attached hydrogens (tertiary/aromatic N) is 4. The Hall–Kier alpha value is -1.97. The Morgan fingerprint density at radius 1 is 1.23 bits per heavy atom. The third-order valence-corrected chi connectivity index (χ3v) is 4.44. The van der Waals surface area contributed by atoms with Gasteiger partial charge in [-0.25, -0.2) is 0 Å². The summed E-state index contributed by atoms with van der Waals surface area (Å²) < 4.78 is 12.6. The zero-order valence-electron chi connectivity index (χ0n) is 15.7. The molecular weight excluding hydrogens is 445 g/mol. The summed E-state index contributed by atoms with van der Waals surface area (Å²) >= 11 is 0. The number of nitrogens with one attached hydrogen (secondary N) is 1. The first-order valence-electron chi connectivity index (χ1n) is 8.31. The summed E-state index contributed by atoms with van der Waals surface area (Å²) in [4.78, 5) is 6.69. The molecular formula is C18H26IN5O2. The highest BCUT2D eigenvalue weighted by Crippen LogP contribution is 2.33. The standard InChI is InChI=1S/C18H25N5O2.HI/c1-19-18(20-9-13-10-21-22(2)11-13)23-6-5-14-7-16(24-3)17(25-4)8-15(14)12-23;/h7-8,10-11H,5-6,9,12H2,1-4H3,(H,19,20);1H. The number of guanidine groups is 1. The summed E-state index contributed by atoms with van der Waals surface area (Å²) in [5.41, 5.74) is 3.68. The molecule has 0 unspecified atom stereocenters. The van der Waals surface area contributed by atoms with Gasteiger partial charge in [0.25, 0.3) is 0 Å². The van der Waals surface area contributed by atoms with Gasteiger partial charge in [0.05, 0.1) is 20.4 Å². The zero-order chi connectivity index (χ0) is 17.8. The largest absolute Gasteiger partial charge is 0.493 e. The van der Waals surface area contributed by atoms with E-state index >= 15 is 0 Å². The molecule has 1 aromatic carbocycles. The van der Waals surface area contributed by atoms with Gasteiger partial charge in [0.1, 0.15) is 0 Å². The minimum atomic E-state index is 0. The highest BCUT2D eigenvalue weighted by atomic mass is 127. The quantitative estimate of drug-likeness (QED) is 0.421. The number of aryl methyl sites for hydroxylation is 1. The van der Waals surface area contributed by atoms with Crippen molar-refractivity contribution < 1.29 is 9.47 Å². The monoisotopic (exact) mass is 471 g/mol. The van der Waals surface area contributed by atoms with Crippen molar-refractivity contribution in [3.8, 4) is 11.5 Å². The smallest absolute Gasteiger partial charge is 0.194 e.